The predicted octanol–water partition coefficient (Wildman–Crippen LogP) is 2.12. The molecule has 1 saturated heterocycles. The van der Waals surface area contributed by atoms with E-state index in [9.17, 15) is 4.79 Å². The van der Waals surface area contributed by atoms with Gasteiger partial charge in [-0.05, 0) is 0 Å². The summed E-state index contributed by atoms with van der Waals surface area (Å²) in [5.74, 6) is 0.0302. The van der Waals surface area contributed by atoms with E-state index in [-0.39, 0.29) is 18.1 Å². The van der Waals surface area contributed by atoms with Crippen LogP contribution in [0.2, 0.25) is 0 Å². The average Bonchev–Trinajstić information content (AvgIpc) is 2.97. The molecule has 74 valence electrons. The Kier molecular flexibility index (Phi) is 2.25. The Morgan fingerprint density at radius 2 is 2.00 bits per heavy atom. The SMILES string of the molecule is CC(C)C(=O)N1OC1c1ccccc1. The fourth-order valence-electron chi connectivity index (χ4n) is 1.32. The van der Waals surface area contributed by atoms with Gasteiger partial charge in [0, 0.05) is 11.5 Å². The Bertz CT molecular complexity index is 334. The largest absolute Gasteiger partial charge is 0.272 e. The molecule has 2 rings (SSSR count). The van der Waals surface area contributed by atoms with Gasteiger partial charge in [-0.2, -0.15) is 5.06 Å². The highest BCUT2D eigenvalue weighted by Crippen LogP contribution is 2.37. The quantitative estimate of drug-likeness (QED) is 0.671. The third-order valence-electron chi connectivity index (χ3n) is 2.18. The molecular formula is C11H13NO2. The summed E-state index contributed by atoms with van der Waals surface area (Å²) < 4.78 is 0. The van der Waals surface area contributed by atoms with E-state index in [1.807, 2.05) is 44.2 Å². The Labute approximate surface area is 83.2 Å². The molecule has 1 fully saturated rings. The number of hydrogen-bond acceptors (Lipinski definition) is 2. The van der Waals surface area contributed by atoms with Gasteiger partial charge in [-0.3, -0.25) is 4.79 Å². The molecule has 14 heavy (non-hydrogen) atoms. The molecule has 1 unspecified atom stereocenters. The van der Waals surface area contributed by atoms with E-state index in [1.54, 1.807) is 0 Å². The molecule has 1 aromatic carbocycles. The van der Waals surface area contributed by atoms with Crippen LogP contribution in [0, 0.1) is 5.92 Å². The fourth-order valence-corrected chi connectivity index (χ4v) is 1.32. The Hall–Kier alpha value is -1.35. The first-order valence-electron chi connectivity index (χ1n) is 4.75. The number of hydroxylamine groups is 2. The summed E-state index contributed by atoms with van der Waals surface area (Å²) in [6.07, 6.45) is -0.161. The van der Waals surface area contributed by atoms with E-state index in [4.69, 9.17) is 4.84 Å². The van der Waals surface area contributed by atoms with Crippen LogP contribution < -0.4 is 0 Å². The van der Waals surface area contributed by atoms with E-state index in [0.717, 1.165) is 5.56 Å². The van der Waals surface area contributed by atoms with Crippen LogP contribution in [-0.2, 0) is 9.63 Å². The van der Waals surface area contributed by atoms with Crippen molar-refractivity contribution in [1.29, 1.82) is 0 Å². The molecule has 1 aliphatic rings. The highest BCUT2D eigenvalue weighted by atomic mass is 16.8. The van der Waals surface area contributed by atoms with Crippen molar-refractivity contribution >= 4 is 5.91 Å². The first kappa shape index (κ1) is 9.21. The fraction of sp³-hybridized carbons (Fsp3) is 0.364. The molecule has 1 aliphatic heterocycles. The van der Waals surface area contributed by atoms with Gasteiger partial charge >= 0.3 is 0 Å². The molecule has 3 heteroatoms. The number of hydrogen-bond donors (Lipinski definition) is 0. The molecule has 1 heterocycles. The van der Waals surface area contributed by atoms with Crippen molar-refractivity contribution in [2.24, 2.45) is 5.92 Å². The standard InChI is InChI=1S/C11H13NO2/c1-8(2)10(13)12-11(14-12)9-6-4-3-5-7-9/h3-8,11H,1-2H3. The second kappa shape index (κ2) is 3.42. The lowest BCUT2D eigenvalue weighted by molar-refractivity contribution is -0.135. The van der Waals surface area contributed by atoms with E-state index in [2.05, 4.69) is 0 Å². The normalized spacial score (nSPS) is 19.9. The minimum atomic E-state index is -0.161. The number of rotatable bonds is 2. The molecule has 0 aromatic heterocycles. The number of carbonyl (C=O) groups excluding carboxylic acids is 1. The highest BCUT2D eigenvalue weighted by Gasteiger charge is 2.43. The van der Waals surface area contributed by atoms with E-state index >= 15 is 0 Å². The molecule has 3 nitrogen and oxygen atoms in total. The lowest BCUT2D eigenvalue weighted by Gasteiger charge is -2.01. The van der Waals surface area contributed by atoms with E-state index in [1.165, 1.54) is 5.06 Å². The van der Waals surface area contributed by atoms with Crippen LogP contribution in [0.4, 0.5) is 0 Å². The van der Waals surface area contributed by atoms with Gasteiger partial charge in [0.15, 0.2) is 0 Å². The van der Waals surface area contributed by atoms with Crippen molar-refractivity contribution < 1.29 is 9.63 Å². The number of nitrogens with zero attached hydrogens (tertiary/aromatic N) is 1. The van der Waals surface area contributed by atoms with Crippen LogP contribution >= 0.6 is 0 Å². The van der Waals surface area contributed by atoms with Gasteiger partial charge in [-0.1, -0.05) is 44.2 Å². The summed E-state index contributed by atoms with van der Waals surface area (Å²) in [6, 6.07) is 9.74. The summed E-state index contributed by atoms with van der Waals surface area (Å²) >= 11 is 0. The monoisotopic (exact) mass is 191 g/mol. The zero-order valence-corrected chi connectivity index (χ0v) is 8.31. The smallest absolute Gasteiger partial charge is 0.251 e. The minimum absolute atomic E-state index is 0.0105. The van der Waals surface area contributed by atoms with E-state index < -0.39 is 0 Å². The van der Waals surface area contributed by atoms with Crippen molar-refractivity contribution in [1.82, 2.24) is 5.06 Å². The maximum absolute atomic E-state index is 11.5. The van der Waals surface area contributed by atoms with Crippen molar-refractivity contribution in [3.05, 3.63) is 35.9 Å². The number of carbonyl (C=O) groups is 1. The highest BCUT2D eigenvalue weighted by molar-refractivity contribution is 5.78. The van der Waals surface area contributed by atoms with Crippen molar-refractivity contribution in [3.63, 3.8) is 0 Å². The molecular weight excluding hydrogens is 178 g/mol. The Balaban J connectivity index is 2.03. The molecule has 0 saturated carbocycles. The first-order valence-corrected chi connectivity index (χ1v) is 4.75. The maximum atomic E-state index is 11.5. The van der Waals surface area contributed by atoms with Gasteiger partial charge < -0.3 is 0 Å². The lowest BCUT2D eigenvalue weighted by Crippen LogP contribution is -2.17. The molecule has 0 bridgehead atoms. The molecule has 1 atom stereocenters. The Morgan fingerprint density at radius 3 is 2.57 bits per heavy atom. The van der Waals surface area contributed by atoms with Crippen molar-refractivity contribution in [2.45, 2.75) is 20.1 Å². The molecule has 0 spiro atoms. The average molecular weight is 191 g/mol. The second-order valence-corrected chi connectivity index (χ2v) is 3.69. The number of amides is 1. The summed E-state index contributed by atoms with van der Waals surface area (Å²) in [5, 5.41) is 1.43. The van der Waals surface area contributed by atoms with E-state index in [0.29, 0.717) is 0 Å². The van der Waals surface area contributed by atoms with Gasteiger partial charge in [-0.15, -0.1) is 0 Å². The molecule has 1 amide bonds. The summed E-state index contributed by atoms with van der Waals surface area (Å²) in [4.78, 5) is 16.7. The first-order chi connectivity index (χ1) is 6.70. The van der Waals surface area contributed by atoms with Gasteiger partial charge in [-0.25, -0.2) is 4.84 Å². The molecule has 0 N–H and O–H groups in total. The molecule has 0 aliphatic carbocycles. The molecule has 1 aromatic rings. The maximum Gasteiger partial charge on any atom is 0.251 e. The topological polar surface area (TPSA) is 32.6 Å². The summed E-state index contributed by atoms with van der Waals surface area (Å²) in [5.41, 5.74) is 1.03. The zero-order valence-electron chi connectivity index (χ0n) is 8.31. The van der Waals surface area contributed by atoms with Crippen LogP contribution in [-0.4, -0.2) is 11.0 Å². The lowest BCUT2D eigenvalue weighted by atomic mass is 10.2. The third-order valence-corrected chi connectivity index (χ3v) is 2.18. The van der Waals surface area contributed by atoms with Crippen LogP contribution in [0.25, 0.3) is 0 Å². The van der Waals surface area contributed by atoms with Crippen molar-refractivity contribution in [2.75, 3.05) is 0 Å². The van der Waals surface area contributed by atoms with Crippen molar-refractivity contribution in [3.8, 4) is 0 Å². The molecule has 0 radical (unpaired) electrons. The summed E-state index contributed by atoms with van der Waals surface area (Å²) in [7, 11) is 0. The van der Waals surface area contributed by atoms with Crippen LogP contribution in [0.15, 0.2) is 30.3 Å². The van der Waals surface area contributed by atoms with Crippen LogP contribution in [0.5, 0.6) is 0 Å². The van der Waals surface area contributed by atoms with Gasteiger partial charge in [0.1, 0.15) is 0 Å². The van der Waals surface area contributed by atoms with Gasteiger partial charge in [0.05, 0.1) is 0 Å². The zero-order chi connectivity index (χ0) is 10.1. The Morgan fingerprint density at radius 1 is 1.36 bits per heavy atom. The number of benzene rings is 1. The minimum Gasteiger partial charge on any atom is -0.272 e. The van der Waals surface area contributed by atoms with Crippen LogP contribution in [0.1, 0.15) is 25.6 Å². The van der Waals surface area contributed by atoms with Gasteiger partial charge in [0.2, 0.25) is 6.23 Å². The third kappa shape index (κ3) is 1.63. The van der Waals surface area contributed by atoms with Crippen LogP contribution in [0.3, 0.4) is 0 Å². The second-order valence-electron chi connectivity index (χ2n) is 3.69. The van der Waals surface area contributed by atoms with Gasteiger partial charge in [0.25, 0.3) is 5.91 Å². The summed E-state index contributed by atoms with van der Waals surface area (Å²) in [6.45, 7) is 3.73. The predicted molar refractivity (Wildman–Crippen MR) is 52.0 cm³/mol.